The standard InChI is InChI=1S/C14H14N6/c15-18-14(11-5-4-8-16-9-11)13-10-17-20(19-13)12-6-2-1-3-7-12/h1-10,14,18H,15H2. The highest BCUT2D eigenvalue weighted by Gasteiger charge is 2.16. The summed E-state index contributed by atoms with van der Waals surface area (Å²) in [7, 11) is 0. The third kappa shape index (κ3) is 2.42. The van der Waals surface area contributed by atoms with Gasteiger partial charge in [-0.25, -0.2) is 5.43 Å². The zero-order valence-corrected chi connectivity index (χ0v) is 10.7. The minimum atomic E-state index is -0.235. The van der Waals surface area contributed by atoms with Gasteiger partial charge in [0.1, 0.15) is 5.69 Å². The lowest BCUT2D eigenvalue weighted by molar-refractivity contribution is 0.607. The SMILES string of the molecule is NNC(c1cccnc1)c1cnn(-c2ccccc2)n1. The zero-order chi connectivity index (χ0) is 13.8. The van der Waals surface area contributed by atoms with E-state index in [9.17, 15) is 0 Å². The van der Waals surface area contributed by atoms with Crippen molar-refractivity contribution in [2.75, 3.05) is 0 Å². The van der Waals surface area contributed by atoms with Gasteiger partial charge in [-0.05, 0) is 23.8 Å². The molecular weight excluding hydrogens is 252 g/mol. The number of nitrogens with zero attached hydrogens (tertiary/aromatic N) is 4. The minimum absolute atomic E-state index is 0.235. The fraction of sp³-hybridized carbons (Fsp3) is 0.0714. The van der Waals surface area contributed by atoms with Crippen LogP contribution < -0.4 is 11.3 Å². The normalized spacial score (nSPS) is 12.2. The number of hydrazine groups is 1. The van der Waals surface area contributed by atoms with Gasteiger partial charge in [0.05, 0.1) is 17.9 Å². The first-order valence-corrected chi connectivity index (χ1v) is 6.22. The second-order valence-electron chi connectivity index (χ2n) is 4.28. The van der Waals surface area contributed by atoms with Gasteiger partial charge in [0.15, 0.2) is 0 Å². The molecule has 0 spiro atoms. The van der Waals surface area contributed by atoms with Crippen molar-refractivity contribution in [3.05, 3.63) is 72.3 Å². The average Bonchev–Trinajstić information content (AvgIpc) is 3.00. The molecule has 2 aromatic heterocycles. The fourth-order valence-corrected chi connectivity index (χ4v) is 1.99. The summed E-state index contributed by atoms with van der Waals surface area (Å²) in [6.45, 7) is 0. The van der Waals surface area contributed by atoms with Crippen LogP contribution >= 0.6 is 0 Å². The van der Waals surface area contributed by atoms with Gasteiger partial charge in [-0.2, -0.15) is 15.0 Å². The van der Waals surface area contributed by atoms with Crippen LogP contribution in [0.2, 0.25) is 0 Å². The third-order valence-corrected chi connectivity index (χ3v) is 2.98. The molecule has 0 saturated heterocycles. The van der Waals surface area contributed by atoms with E-state index >= 15 is 0 Å². The Morgan fingerprint density at radius 3 is 2.60 bits per heavy atom. The molecule has 0 aliphatic rings. The molecule has 0 bridgehead atoms. The Balaban J connectivity index is 1.93. The van der Waals surface area contributed by atoms with Crippen molar-refractivity contribution in [1.82, 2.24) is 25.4 Å². The monoisotopic (exact) mass is 266 g/mol. The van der Waals surface area contributed by atoms with Gasteiger partial charge < -0.3 is 0 Å². The highest BCUT2D eigenvalue weighted by molar-refractivity contribution is 5.29. The van der Waals surface area contributed by atoms with Crippen LogP contribution in [0.3, 0.4) is 0 Å². The number of pyridine rings is 1. The summed E-state index contributed by atoms with van der Waals surface area (Å²) in [6, 6.07) is 13.3. The zero-order valence-electron chi connectivity index (χ0n) is 10.7. The van der Waals surface area contributed by atoms with Gasteiger partial charge in [0.25, 0.3) is 0 Å². The number of aromatic nitrogens is 4. The summed E-state index contributed by atoms with van der Waals surface area (Å²) < 4.78 is 0. The molecule has 6 nitrogen and oxygen atoms in total. The van der Waals surface area contributed by atoms with Crippen LogP contribution in [-0.2, 0) is 0 Å². The molecule has 100 valence electrons. The van der Waals surface area contributed by atoms with E-state index in [-0.39, 0.29) is 6.04 Å². The maximum Gasteiger partial charge on any atom is 0.106 e. The van der Waals surface area contributed by atoms with Gasteiger partial charge in [-0.1, -0.05) is 24.3 Å². The maximum atomic E-state index is 5.63. The molecule has 0 aliphatic carbocycles. The molecule has 3 aromatic rings. The quantitative estimate of drug-likeness (QED) is 0.548. The van der Waals surface area contributed by atoms with Crippen LogP contribution in [0.1, 0.15) is 17.3 Å². The number of nitrogens with two attached hydrogens (primary N) is 1. The lowest BCUT2D eigenvalue weighted by Gasteiger charge is -2.12. The van der Waals surface area contributed by atoms with Gasteiger partial charge in [-0.3, -0.25) is 10.8 Å². The fourth-order valence-electron chi connectivity index (χ4n) is 1.99. The first-order chi connectivity index (χ1) is 9.88. The molecule has 0 radical (unpaired) electrons. The lowest BCUT2D eigenvalue weighted by atomic mass is 10.1. The van der Waals surface area contributed by atoms with E-state index in [1.807, 2.05) is 42.5 Å². The van der Waals surface area contributed by atoms with Crippen molar-refractivity contribution < 1.29 is 0 Å². The molecule has 6 heteroatoms. The average molecular weight is 266 g/mol. The van der Waals surface area contributed by atoms with Crippen LogP contribution in [0.5, 0.6) is 0 Å². The minimum Gasteiger partial charge on any atom is -0.271 e. The Bertz CT molecular complexity index is 664. The number of hydrogen-bond donors (Lipinski definition) is 2. The predicted octanol–water partition coefficient (Wildman–Crippen LogP) is 1.21. The van der Waals surface area contributed by atoms with Crippen LogP contribution in [0.15, 0.2) is 61.1 Å². The topological polar surface area (TPSA) is 81.6 Å². The highest BCUT2D eigenvalue weighted by Crippen LogP contribution is 2.18. The Hall–Kier alpha value is -2.57. The molecule has 3 rings (SSSR count). The van der Waals surface area contributed by atoms with Crippen molar-refractivity contribution in [1.29, 1.82) is 0 Å². The van der Waals surface area contributed by atoms with E-state index in [2.05, 4.69) is 20.6 Å². The van der Waals surface area contributed by atoms with Crippen molar-refractivity contribution in [3.63, 3.8) is 0 Å². The molecule has 2 heterocycles. The summed E-state index contributed by atoms with van der Waals surface area (Å²) in [5, 5.41) is 8.73. The molecule has 20 heavy (non-hydrogen) atoms. The van der Waals surface area contributed by atoms with E-state index in [0.29, 0.717) is 0 Å². The lowest BCUT2D eigenvalue weighted by Crippen LogP contribution is -2.29. The number of benzene rings is 1. The molecule has 1 aromatic carbocycles. The van der Waals surface area contributed by atoms with Crippen molar-refractivity contribution in [3.8, 4) is 5.69 Å². The molecule has 0 fully saturated rings. The number of rotatable bonds is 4. The summed E-state index contributed by atoms with van der Waals surface area (Å²) in [6.07, 6.45) is 5.18. The van der Waals surface area contributed by atoms with E-state index in [4.69, 9.17) is 5.84 Å². The van der Waals surface area contributed by atoms with Crippen molar-refractivity contribution in [2.45, 2.75) is 6.04 Å². The van der Waals surface area contributed by atoms with Crippen molar-refractivity contribution >= 4 is 0 Å². The summed E-state index contributed by atoms with van der Waals surface area (Å²) in [5.41, 5.74) is 5.33. The largest absolute Gasteiger partial charge is 0.271 e. The first kappa shape index (κ1) is 12.5. The second kappa shape index (κ2) is 5.60. The second-order valence-corrected chi connectivity index (χ2v) is 4.28. The predicted molar refractivity (Wildman–Crippen MR) is 74.8 cm³/mol. The molecular formula is C14H14N6. The van der Waals surface area contributed by atoms with E-state index in [0.717, 1.165) is 16.9 Å². The van der Waals surface area contributed by atoms with Crippen LogP contribution in [0, 0.1) is 0 Å². The number of nitrogens with one attached hydrogen (secondary N) is 1. The smallest absolute Gasteiger partial charge is 0.106 e. The first-order valence-electron chi connectivity index (χ1n) is 6.22. The molecule has 3 N–H and O–H groups in total. The van der Waals surface area contributed by atoms with Gasteiger partial charge in [0, 0.05) is 12.4 Å². The van der Waals surface area contributed by atoms with E-state index < -0.39 is 0 Å². The van der Waals surface area contributed by atoms with Crippen LogP contribution in [-0.4, -0.2) is 20.0 Å². The highest BCUT2D eigenvalue weighted by atomic mass is 15.5. The van der Waals surface area contributed by atoms with Crippen LogP contribution in [0.4, 0.5) is 0 Å². The molecule has 0 amide bonds. The third-order valence-electron chi connectivity index (χ3n) is 2.98. The van der Waals surface area contributed by atoms with Crippen LogP contribution in [0.25, 0.3) is 5.69 Å². The number of hydrogen-bond acceptors (Lipinski definition) is 5. The van der Waals surface area contributed by atoms with Gasteiger partial charge >= 0.3 is 0 Å². The Morgan fingerprint density at radius 1 is 1.05 bits per heavy atom. The molecule has 0 aliphatic heterocycles. The summed E-state index contributed by atoms with van der Waals surface area (Å²) >= 11 is 0. The van der Waals surface area contributed by atoms with Gasteiger partial charge in [0.2, 0.25) is 0 Å². The maximum absolute atomic E-state index is 5.63. The van der Waals surface area contributed by atoms with E-state index in [1.54, 1.807) is 23.4 Å². The van der Waals surface area contributed by atoms with E-state index in [1.165, 1.54) is 0 Å². The van der Waals surface area contributed by atoms with Gasteiger partial charge in [-0.15, -0.1) is 0 Å². The van der Waals surface area contributed by atoms with Crippen molar-refractivity contribution in [2.24, 2.45) is 5.84 Å². The Kier molecular flexibility index (Phi) is 3.49. The number of para-hydroxylation sites is 1. The summed E-state index contributed by atoms with van der Waals surface area (Å²) in [5.74, 6) is 5.63. The Morgan fingerprint density at radius 2 is 1.90 bits per heavy atom. The molecule has 1 unspecified atom stereocenters. The Labute approximate surface area is 116 Å². The summed E-state index contributed by atoms with van der Waals surface area (Å²) in [4.78, 5) is 5.67. The molecule has 1 atom stereocenters. The molecule has 0 saturated carbocycles.